The van der Waals surface area contributed by atoms with Gasteiger partial charge in [0.25, 0.3) is 0 Å². The number of likely N-dealkylation sites (tertiary alicyclic amines) is 1. The Kier molecular flexibility index (Phi) is 30.3. The van der Waals surface area contributed by atoms with Gasteiger partial charge in [-0.1, -0.05) is 137 Å². The summed E-state index contributed by atoms with van der Waals surface area (Å²) in [7, 11) is 2.01. The average molecular weight is 838 g/mol. The molecule has 0 spiro atoms. The molecule has 344 valence electrons. The van der Waals surface area contributed by atoms with Gasteiger partial charge in [-0.3, -0.25) is 24.3 Å². The number of Topliss-reactive ketones (excluding diaryl/α,β-unsaturated/α-hetero) is 1. The van der Waals surface area contributed by atoms with Crippen molar-refractivity contribution < 1.29 is 23.9 Å². The minimum absolute atomic E-state index is 0.00415. The van der Waals surface area contributed by atoms with Crippen LogP contribution >= 0.6 is 0 Å². The molecule has 0 unspecified atom stereocenters. The van der Waals surface area contributed by atoms with Crippen molar-refractivity contribution in [2.75, 3.05) is 44.8 Å². The fourth-order valence-corrected chi connectivity index (χ4v) is 8.39. The van der Waals surface area contributed by atoms with Crippen LogP contribution in [-0.4, -0.2) is 79.5 Å². The van der Waals surface area contributed by atoms with Crippen molar-refractivity contribution in [2.45, 2.75) is 220 Å². The number of ether oxygens (including phenoxy) is 2. The molecule has 0 amide bonds. The van der Waals surface area contributed by atoms with Crippen molar-refractivity contribution in [2.24, 2.45) is 11.3 Å². The zero-order chi connectivity index (χ0) is 43.7. The second kappa shape index (κ2) is 34.0. The summed E-state index contributed by atoms with van der Waals surface area (Å²) < 4.78 is 12.3. The van der Waals surface area contributed by atoms with Crippen LogP contribution < -0.4 is 4.90 Å². The summed E-state index contributed by atoms with van der Waals surface area (Å²) in [5.74, 6) is 0.803. The maximum atomic E-state index is 12.8. The van der Waals surface area contributed by atoms with Gasteiger partial charge < -0.3 is 14.4 Å². The maximum Gasteiger partial charge on any atom is 0.306 e. The van der Waals surface area contributed by atoms with Gasteiger partial charge >= 0.3 is 5.97 Å². The summed E-state index contributed by atoms with van der Waals surface area (Å²) in [5.41, 5.74) is 0.844. The lowest BCUT2D eigenvalue weighted by molar-refractivity contribution is -0.150. The van der Waals surface area contributed by atoms with Gasteiger partial charge in [-0.05, 0) is 95.4 Å². The van der Waals surface area contributed by atoms with E-state index in [-0.39, 0.29) is 29.1 Å². The van der Waals surface area contributed by atoms with E-state index in [2.05, 4.69) is 48.6 Å². The monoisotopic (exact) mass is 838 g/mol. The standard InChI is InChI=1S/C52H91N3O5/c1-7-9-11-13-16-22-28-50(29-23-17-14-12-10-8-2)60-51(58)30-24-18-15-21-27-41-59-44-48-42-46(31-32-49(57)35-40-54(6)47-33-37-53-38-34-47)43-55(48)39-26-20-19-25-36-52(4,5)45(3)56/h31-34,37-38,46,48,50H,7-30,35-36,39-44H2,1-6H3/b32-31+/t46-,48-/m0/s1. The van der Waals surface area contributed by atoms with Crippen molar-refractivity contribution >= 4 is 23.2 Å². The molecule has 0 aromatic carbocycles. The number of hydrogen-bond acceptors (Lipinski definition) is 8. The largest absolute Gasteiger partial charge is 0.462 e. The van der Waals surface area contributed by atoms with Crippen LogP contribution in [0, 0.1) is 11.3 Å². The molecule has 8 nitrogen and oxygen atoms in total. The van der Waals surface area contributed by atoms with Crippen LogP contribution in [-0.2, 0) is 23.9 Å². The van der Waals surface area contributed by atoms with Crippen LogP contribution in [0.1, 0.15) is 208 Å². The Hall–Kier alpha value is -2.58. The lowest BCUT2D eigenvalue weighted by atomic mass is 9.83. The summed E-state index contributed by atoms with van der Waals surface area (Å²) in [4.78, 5) is 46.3. The number of pyridine rings is 1. The highest BCUT2D eigenvalue weighted by Gasteiger charge is 2.30. The predicted molar refractivity (Wildman–Crippen MR) is 252 cm³/mol. The maximum absolute atomic E-state index is 12.8. The van der Waals surface area contributed by atoms with Crippen molar-refractivity contribution in [3.05, 3.63) is 36.7 Å². The molecule has 1 aliphatic heterocycles. The van der Waals surface area contributed by atoms with Crippen LogP contribution in [0.3, 0.4) is 0 Å². The van der Waals surface area contributed by atoms with Gasteiger partial charge in [-0.15, -0.1) is 0 Å². The van der Waals surface area contributed by atoms with E-state index in [1.165, 1.54) is 83.5 Å². The number of carbonyl (C=O) groups excluding carboxylic acids is 3. The number of unbranched alkanes of at least 4 members (excludes halogenated alkanes) is 17. The van der Waals surface area contributed by atoms with E-state index in [0.29, 0.717) is 31.3 Å². The van der Waals surface area contributed by atoms with Gasteiger partial charge in [-0.25, -0.2) is 0 Å². The van der Waals surface area contributed by atoms with Crippen LogP contribution in [0.15, 0.2) is 36.7 Å². The van der Waals surface area contributed by atoms with Crippen LogP contribution in [0.5, 0.6) is 0 Å². The lowest BCUT2D eigenvalue weighted by Gasteiger charge is -2.24. The summed E-state index contributed by atoms with van der Waals surface area (Å²) >= 11 is 0. The van der Waals surface area contributed by atoms with Crippen LogP contribution in [0.2, 0.25) is 0 Å². The van der Waals surface area contributed by atoms with Gasteiger partial charge in [0.05, 0.1) is 6.61 Å². The normalized spacial score (nSPS) is 16.0. The van der Waals surface area contributed by atoms with Gasteiger partial charge in [0.1, 0.15) is 11.9 Å². The molecule has 2 rings (SSSR count). The van der Waals surface area contributed by atoms with Crippen molar-refractivity contribution in [3.8, 4) is 0 Å². The molecule has 1 aliphatic rings. The molecule has 1 aromatic heterocycles. The fourth-order valence-electron chi connectivity index (χ4n) is 8.39. The van der Waals surface area contributed by atoms with Crippen molar-refractivity contribution in [3.63, 3.8) is 0 Å². The van der Waals surface area contributed by atoms with Gasteiger partial charge in [-0.2, -0.15) is 0 Å². The van der Waals surface area contributed by atoms with E-state index in [0.717, 1.165) is 109 Å². The molecule has 1 aromatic rings. The Bertz CT molecular complexity index is 1250. The molecule has 0 radical (unpaired) electrons. The van der Waals surface area contributed by atoms with Gasteiger partial charge in [0.15, 0.2) is 5.78 Å². The molecular formula is C52H91N3O5. The second-order valence-corrected chi connectivity index (χ2v) is 18.8. The second-order valence-electron chi connectivity index (χ2n) is 18.8. The first-order chi connectivity index (χ1) is 29.1. The van der Waals surface area contributed by atoms with Crippen molar-refractivity contribution in [1.29, 1.82) is 0 Å². The first-order valence-electron chi connectivity index (χ1n) is 24.9. The first kappa shape index (κ1) is 53.6. The molecule has 60 heavy (non-hydrogen) atoms. The van der Waals surface area contributed by atoms with Crippen molar-refractivity contribution in [1.82, 2.24) is 9.88 Å². The number of allylic oxidation sites excluding steroid dienone is 1. The predicted octanol–water partition coefficient (Wildman–Crippen LogP) is 13.1. The zero-order valence-electron chi connectivity index (χ0n) is 39.7. The first-order valence-corrected chi connectivity index (χ1v) is 24.9. The van der Waals surface area contributed by atoms with E-state index >= 15 is 0 Å². The van der Waals surface area contributed by atoms with Crippen LogP contribution in [0.25, 0.3) is 0 Å². The Labute approximate surface area is 368 Å². The average Bonchev–Trinajstić information content (AvgIpc) is 3.63. The zero-order valence-corrected chi connectivity index (χ0v) is 39.7. The molecule has 8 heteroatoms. The molecule has 1 fully saturated rings. The quantitative estimate of drug-likeness (QED) is 0.0368. The van der Waals surface area contributed by atoms with Gasteiger partial charge in [0, 0.05) is 69.1 Å². The third-order valence-electron chi connectivity index (χ3n) is 12.9. The fraction of sp³-hybridized carbons (Fsp3) is 0.808. The topological polar surface area (TPSA) is 89.0 Å². The lowest BCUT2D eigenvalue weighted by Crippen LogP contribution is -2.34. The third-order valence-corrected chi connectivity index (χ3v) is 12.9. The van der Waals surface area contributed by atoms with Crippen LogP contribution in [0.4, 0.5) is 5.69 Å². The number of hydrogen-bond donors (Lipinski definition) is 0. The number of esters is 1. The number of rotatable bonds is 39. The highest BCUT2D eigenvalue weighted by molar-refractivity contribution is 5.90. The molecule has 0 saturated carbocycles. The van der Waals surface area contributed by atoms with E-state index in [1.54, 1.807) is 19.3 Å². The molecule has 2 heterocycles. The van der Waals surface area contributed by atoms with Gasteiger partial charge in [0.2, 0.25) is 0 Å². The Balaban J connectivity index is 1.71. The summed E-state index contributed by atoms with van der Waals surface area (Å²) in [6.45, 7) is 14.5. The van der Waals surface area contributed by atoms with E-state index in [9.17, 15) is 14.4 Å². The number of anilines is 1. The highest BCUT2D eigenvalue weighted by atomic mass is 16.5. The molecule has 0 bridgehead atoms. The number of aromatic nitrogens is 1. The molecule has 0 aliphatic carbocycles. The minimum atomic E-state index is -0.222. The number of ketones is 2. The summed E-state index contributed by atoms with van der Waals surface area (Å²) in [5, 5.41) is 0. The molecule has 1 saturated heterocycles. The Morgan fingerprint density at radius 2 is 1.38 bits per heavy atom. The third kappa shape index (κ3) is 26.0. The van der Waals surface area contributed by atoms with E-state index in [1.807, 2.05) is 25.3 Å². The van der Waals surface area contributed by atoms with E-state index in [4.69, 9.17) is 9.47 Å². The number of carbonyl (C=O) groups is 3. The molecular weight excluding hydrogens is 747 g/mol. The summed E-state index contributed by atoms with van der Waals surface area (Å²) in [6, 6.07) is 4.29. The molecule has 0 N–H and O–H groups in total. The SMILES string of the molecule is CCCCCCCCC(CCCCCCCC)OC(=O)CCCCCCCOC[C@@H]1C[C@H](/C=C/C(=O)CCN(C)c2ccncc2)CN1CCCCCCC(C)(C)C(C)=O. The Morgan fingerprint density at radius 3 is 2.03 bits per heavy atom. The smallest absolute Gasteiger partial charge is 0.306 e. The minimum Gasteiger partial charge on any atom is -0.462 e. The molecule has 2 atom stereocenters. The Morgan fingerprint density at radius 1 is 0.800 bits per heavy atom. The number of nitrogens with zero attached hydrogens (tertiary/aromatic N) is 3. The summed E-state index contributed by atoms with van der Waals surface area (Å²) in [6.07, 6.45) is 37.8. The van der Waals surface area contributed by atoms with E-state index < -0.39 is 0 Å². The highest BCUT2D eigenvalue weighted by Crippen LogP contribution is 2.28.